The maximum atomic E-state index is 12.6. The van der Waals surface area contributed by atoms with Gasteiger partial charge in [-0.2, -0.15) is 0 Å². The Balaban J connectivity index is 1.44. The summed E-state index contributed by atoms with van der Waals surface area (Å²) in [5.74, 6) is -0.978. The number of urea groups is 1. The average Bonchev–Trinajstić information content (AvgIpc) is 3.21. The molecule has 0 spiro atoms. The third kappa shape index (κ3) is 5.03. The number of benzene rings is 2. The highest BCUT2D eigenvalue weighted by molar-refractivity contribution is 5.90. The smallest absolute Gasteiger partial charge is 0.338 e. The van der Waals surface area contributed by atoms with Crippen LogP contribution in [0, 0.1) is 0 Å². The van der Waals surface area contributed by atoms with Gasteiger partial charge in [0, 0.05) is 19.5 Å². The van der Waals surface area contributed by atoms with E-state index in [1.165, 1.54) is 0 Å². The zero-order chi connectivity index (χ0) is 21.6. The summed E-state index contributed by atoms with van der Waals surface area (Å²) in [5.41, 5.74) is 0.840. The molecule has 3 atom stereocenters. The van der Waals surface area contributed by atoms with Crippen molar-refractivity contribution in [1.29, 1.82) is 0 Å². The second kappa shape index (κ2) is 9.61. The number of nitrogens with zero attached hydrogens (tertiary/aromatic N) is 1. The van der Waals surface area contributed by atoms with Crippen LogP contribution in [0.4, 0.5) is 4.79 Å². The molecule has 2 fully saturated rings. The number of carbonyl (C=O) groups excluding carboxylic acids is 3. The van der Waals surface area contributed by atoms with Gasteiger partial charge in [-0.25, -0.2) is 14.4 Å². The molecule has 8 heteroatoms. The first kappa shape index (κ1) is 20.9. The highest BCUT2D eigenvalue weighted by Gasteiger charge is 2.43. The van der Waals surface area contributed by atoms with Crippen molar-refractivity contribution in [3.63, 3.8) is 0 Å². The normalized spacial score (nSPS) is 23.2. The topological polar surface area (TPSA) is 94.2 Å². The number of hydrogen-bond acceptors (Lipinski definition) is 6. The molecule has 2 aromatic carbocycles. The summed E-state index contributed by atoms with van der Waals surface area (Å²) in [6.07, 6.45) is -0.793. The first-order valence-corrected chi connectivity index (χ1v) is 10.3. The minimum absolute atomic E-state index is 0.0909. The van der Waals surface area contributed by atoms with Gasteiger partial charge in [0.15, 0.2) is 0 Å². The Morgan fingerprint density at radius 2 is 1.65 bits per heavy atom. The van der Waals surface area contributed by atoms with E-state index in [1.54, 1.807) is 53.4 Å². The molecule has 2 aliphatic heterocycles. The fourth-order valence-electron chi connectivity index (χ4n) is 3.68. The zero-order valence-corrected chi connectivity index (χ0v) is 16.9. The van der Waals surface area contributed by atoms with Crippen LogP contribution in [-0.4, -0.2) is 61.0 Å². The first-order chi connectivity index (χ1) is 15.1. The second-order valence-electron chi connectivity index (χ2n) is 7.42. The third-order valence-corrected chi connectivity index (χ3v) is 5.30. The van der Waals surface area contributed by atoms with Crippen LogP contribution in [0.5, 0.6) is 0 Å². The molecule has 2 aromatic rings. The van der Waals surface area contributed by atoms with E-state index in [-0.39, 0.29) is 12.6 Å². The van der Waals surface area contributed by atoms with Crippen LogP contribution < -0.4 is 5.32 Å². The van der Waals surface area contributed by atoms with Gasteiger partial charge in [-0.15, -0.1) is 0 Å². The van der Waals surface area contributed by atoms with Crippen LogP contribution in [0.1, 0.15) is 33.6 Å². The van der Waals surface area contributed by atoms with Crippen LogP contribution in [0.2, 0.25) is 0 Å². The Morgan fingerprint density at radius 1 is 1.00 bits per heavy atom. The van der Waals surface area contributed by atoms with Crippen molar-refractivity contribution in [2.24, 2.45) is 0 Å². The van der Waals surface area contributed by atoms with E-state index in [1.807, 2.05) is 12.1 Å². The molecular formula is C23H24N2O6. The lowest BCUT2D eigenvalue weighted by Crippen LogP contribution is -2.51. The first-order valence-electron chi connectivity index (χ1n) is 10.3. The van der Waals surface area contributed by atoms with Gasteiger partial charge in [0.2, 0.25) is 0 Å². The van der Waals surface area contributed by atoms with E-state index >= 15 is 0 Å². The fourth-order valence-corrected chi connectivity index (χ4v) is 3.68. The lowest BCUT2D eigenvalue weighted by Gasteiger charge is -2.32. The molecule has 2 heterocycles. The molecule has 0 aromatic heterocycles. The summed E-state index contributed by atoms with van der Waals surface area (Å²) in [6, 6.07) is 17.1. The zero-order valence-electron chi connectivity index (χ0n) is 16.9. The van der Waals surface area contributed by atoms with Crippen molar-refractivity contribution in [3.8, 4) is 0 Å². The minimum Gasteiger partial charge on any atom is -0.459 e. The number of nitrogens with one attached hydrogen (secondary N) is 1. The predicted octanol–water partition coefficient (Wildman–Crippen LogP) is 2.60. The van der Waals surface area contributed by atoms with E-state index in [0.717, 1.165) is 6.42 Å². The van der Waals surface area contributed by atoms with Crippen molar-refractivity contribution in [2.45, 2.75) is 31.3 Å². The van der Waals surface area contributed by atoms with Crippen molar-refractivity contribution in [2.75, 3.05) is 19.7 Å². The van der Waals surface area contributed by atoms with E-state index < -0.39 is 30.4 Å². The van der Waals surface area contributed by atoms with Crippen LogP contribution >= 0.6 is 0 Å². The average molecular weight is 424 g/mol. The molecule has 2 aliphatic rings. The third-order valence-electron chi connectivity index (χ3n) is 5.30. The molecule has 2 amide bonds. The number of carbonyl (C=O) groups is 3. The summed E-state index contributed by atoms with van der Waals surface area (Å²) < 4.78 is 17.1. The molecule has 0 unspecified atom stereocenters. The summed E-state index contributed by atoms with van der Waals surface area (Å²) in [7, 11) is 0. The van der Waals surface area contributed by atoms with Gasteiger partial charge in [-0.3, -0.25) is 4.90 Å². The van der Waals surface area contributed by atoms with E-state index in [9.17, 15) is 14.4 Å². The largest absolute Gasteiger partial charge is 0.459 e. The molecule has 4 rings (SSSR count). The van der Waals surface area contributed by atoms with Crippen LogP contribution in [0.3, 0.4) is 0 Å². The van der Waals surface area contributed by atoms with E-state index in [4.69, 9.17) is 14.2 Å². The number of hydrogen-bond donors (Lipinski definition) is 1. The predicted molar refractivity (Wildman–Crippen MR) is 110 cm³/mol. The van der Waals surface area contributed by atoms with Crippen molar-refractivity contribution in [1.82, 2.24) is 10.2 Å². The summed E-state index contributed by atoms with van der Waals surface area (Å²) in [4.78, 5) is 38.7. The monoisotopic (exact) mass is 424 g/mol. The summed E-state index contributed by atoms with van der Waals surface area (Å²) in [6.45, 7) is 1.07. The maximum absolute atomic E-state index is 12.6. The molecule has 0 saturated carbocycles. The molecule has 8 nitrogen and oxygen atoms in total. The fraction of sp³-hybridized carbons (Fsp3) is 0.348. The standard InChI is InChI=1S/C23H24N2O6/c26-21(16-8-3-1-4-9-16)29-15-19-18(31-22(27)17-10-5-2-6-11-17)14-20(30-19)25-13-7-12-24-23(25)28/h1-6,8-11,18-20H,7,12-15H2,(H,24,28)/t18-,19-,20-/m1/s1. The molecule has 2 saturated heterocycles. The maximum Gasteiger partial charge on any atom is 0.338 e. The van der Waals surface area contributed by atoms with Crippen molar-refractivity contribution in [3.05, 3.63) is 71.8 Å². The van der Waals surface area contributed by atoms with E-state index in [0.29, 0.717) is 30.6 Å². The van der Waals surface area contributed by atoms with Gasteiger partial charge in [0.25, 0.3) is 0 Å². The number of esters is 2. The molecule has 0 aliphatic carbocycles. The van der Waals surface area contributed by atoms with Crippen LogP contribution in [0.25, 0.3) is 0 Å². The summed E-state index contributed by atoms with van der Waals surface area (Å²) >= 11 is 0. The van der Waals surface area contributed by atoms with Gasteiger partial charge in [0.05, 0.1) is 11.1 Å². The lowest BCUT2D eigenvalue weighted by atomic mass is 10.1. The van der Waals surface area contributed by atoms with Gasteiger partial charge in [0.1, 0.15) is 25.0 Å². The number of amides is 2. The van der Waals surface area contributed by atoms with E-state index in [2.05, 4.69) is 5.32 Å². The highest BCUT2D eigenvalue weighted by Crippen LogP contribution is 2.28. The Labute approximate surface area is 180 Å². The summed E-state index contributed by atoms with van der Waals surface area (Å²) in [5, 5.41) is 2.79. The second-order valence-corrected chi connectivity index (χ2v) is 7.42. The van der Waals surface area contributed by atoms with Gasteiger partial charge < -0.3 is 19.5 Å². The molecular weight excluding hydrogens is 400 g/mol. The van der Waals surface area contributed by atoms with Crippen molar-refractivity contribution >= 4 is 18.0 Å². The molecule has 0 bridgehead atoms. The Hall–Kier alpha value is -3.39. The molecule has 31 heavy (non-hydrogen) atoms. The molecule has 1 N–H and O–H groups in total. The number of rotatable bonds is 6. The Kier molecular flexibility index (Phi) is 6.47. The van der Waals surface area contributed by atoms with Gasteiger partial charge >= 0.3 is 18.0 Å². The van der Waals surface area contributed by atoms with Crippen LogP contribution in [-0.2, 0) is 14.2 Å². The van der Waals surface area contributed by atoms with Crippen LogP contribution in [0.15, 0.2) is 60.7 Å². The lowest BCUT2D eigenvalue weighted by molar-refractivity contribution is -0.0735. The Morgan fingerprint density at radius 3 is 2.29 bits per heavy atom. The SMILES string of the molecule is O=C(OC[C@H]1O[C@@H](N2CCCNC2=O)C[C@H]1OC(=O)c1ccccc1)c1ccccc1. The molecule has 0 radical (unpaired) electrons. The Bertz CT molecular complexity index is 920. The van der Waals surface area contributed by atoms with Crippen molar-refractivity contribution < 1.29 is 28.6 Å². The van der Waals surface area contributed by atoms with Gasteiger partial charge in [-0.05, 0) is 30.7 Å². The molecule has 162 valence electrons. The van der Waals surface area contributed by atoms with Gasteiger partial charge in [-0.1, -0.05) is 36.4 Å². The number of ether oxygens (including phenoxy) is 3. The quantitative estimate of drug-likeness (QED) is 0.717. The minimum atomic E-state index is -0.681. The highest BCUT2D eigenvalue weighted by atomic mass is 16.6.